The zero-order valence-corrected chi connectivity index (χ0v) is 15.9. The van der Waals surface area contributed by atoms with Crippen LogP contribution in [0.15, 0.2) is 59.5 Å². The summed E-state index contributed by atoms with van der Waals surface area (Å²) in [5.41, 5.74) is 2.14. The van der Waals surface area contributed by atoms with Gasteiger partial charge in [-0.3, -0.25) is 4.79 Å². The Morgan fingerprint density at radius 3 is 2.27 bits per heavy atom. The van der Waals surface area contributed by atoms with Crippen molar-refractivity contribution in [3.8, 4) is 0 Å². The fourth-order valence-corrected chi connectivity index (χ4v) is 4.89. The molecule has 0 unspecified atom stereocenters. The highest BCUT2D eigenvalue weighted by atomic mass is 32.2. The predicted molar refractivity (Wildman–Crippen MR) is 107 cm³/mol. The second-order valence-corrected chi connectivity index (χ2v) is 8.40. The molecule has 0 aromatic heterocycles. The Kier molecular flexibility index (Phi) is 5.61. The van der Waals surface area contributed by atoms with E-state index in [9.17, 15) is 4.79 Å². The molecule has 2 heterocycles. The molecule has 136 valence electrons. The Bertz CT molecular complexity index is 718. The lowest BCUT2D eigenvalue weighted by atomic mass is 9.92. The molecular formula is C22H26N2OS. The van der Waals surface area contributed by atoms with E-state index in [0.717, 1.165) is 62.2 Å². The van der Waals surface area contributed by atoms with Crippen molar-refractivity contribution in [2.75, 3.05) is 26.2 Å². The molecule has 0 bridgehead atoms. The van der Waals surface area contributed by atoms with E-state index in [1.807, 2.05) is 30.0 Å². The van der Waals surface area contributed by atoms with Gasteiger partial charge in [-0.15, -0.1) is 11.8 Å². The van der Waals surface area contributed by atoms with Crippen LogP contribution in [0.3, 0.4) is 0 Å². The maximum atomic E-state index is 12.9. The molecule has 2 aromatic carbocycles. The van der Waals surface area contributed by atoms with Gasteiger partial charge in [0.25, 0.3) is 5.91 Å². The second-order valence-electron chi connectivity index (χ2n) is 7.35. The van der Waals surface area contributed by atoms with Gasteiger partial charge in [0, 0.05) is 29.3 Å². The monoisotopic (exact) mass is 366 g/mol. The molecule has 0 spiro atoms. The van der Waals surface area contributed by atoms with E-state index in [2.05, 4.69) is 46.6 Å². The molecule has 0 radical (unpaired) electrons. The van der Waals surface area contributed by atoms with Crippen LogP contribution in [0.5, 0.6) is 0 Å². The molecule has 2 aliphatic heterocycles. The summed E-state index contributed by atoms with van der Waals surface area (Å²) >= 11 is 1.81. The number of nitrogens with zero attached hydrogens (tertiary/aromatic N) is 1. The number of hydrogen-bond acceptors (Lipinski definition) is 3. The third-order valence-electron chi connectivity index (χ3n) is 5.66. The van der Waals surface area contributed by atoms with Crippen molar-refractivity contribution in [3.63, 3.8) is 0 Å². The smallest absolute Gasteiger partial charge is 0.253 e. The summed E-state index contributed by atoms with van der Waals surface area (Å²) in [7, 11) is 0. The quantitative estimate of drug-likeness (QED) is 0.829. The summed E-state index contributed by atoms with van der Waals surface area (Å²) in [5, 5.41) is 3.49. The van der Waals surface area contributed by atoms with Crippen LogP contribution >= 0.6 is 11.8 Å². The zero-order chi connectivity index (χ0) is 17.8. The minimum absolute atomic E-state index is 0.192. The molecule has 4 rings (SSSR count). The Morgan fingerprint density at radius 2 is 1.62 bits per heavy atom. The number of hydrogen-bond donors (Lipinski definition) is 1. The first-order chi connectivity index (χ1) is 12.8. The summed E-state index contributed by atoms with van der Waals surface area (Å²) < 4.78 is 0. The van der Waals surface area contributed by atoms with E-state index >= 15 is 0 Å². The summed E-state index contributed by atoms with van der Waals surface area (Å²) in [4.78, 5) is 16.1. The molecule has 26 heavy (non-hydrogen) atoms. The Labute approximate surface area is 160 Å². The van der Waals surface area contributed by atoms with E-state index in [1.165, 1.54) is 10.5 Å². The molecule has 2 atom stereocenters. The molecule has 2 saturated heterocycles. The maximum absolute atomic E-state index is 12.9. The number of likely N-dealkylation sites (tertiary alicyclic amines) is 1. The summed E-state index contributed by atoms with van der Waals surface area (Å²) in [6.07, 6.45) is 2.27. The largest absolute Gasteiger partial charge is 0.339 e. The lowest BCUT2D eigenvalue weighted by molar-refractivity contribution is 0.0758. The number of carbonyl (C=O) groups is 1. The number of benzene rings is 2. The first kappa shape index (κ1) is 17.6. The lowest BCUT2D eigenvalue weighted by Gasteiger charge is -2.21. The normalized spacial score (nSPS) is 22.7. The van der Waals surface area contributed by atoms with E-state index in [1.54, 1.807) is 0 Å². The highest BCUT2D eigenvalue weighted by Crippen LogP contribution is 2.28. The summed E-state index contributed by atoms with van der Waals surface area (Å²) in [5.74, 6) is 2.66. The molecular weight excluding hydrogens is 340 g/mol. The van der Waals surface area contributed by atoms with Gasteiger partial charge in [0.15, 0.2) is 0 Å². The highest BCUT2D eigenvalue weighted by molar-refractivity contribution is 7.98. The van der Waals surface area contributed by atoms with E-state index < -0.39 is 0 Å². The van der Waals surface area contributed by atoms with Crippen LogP contribution in [0, 0.1) is 11.8 Å². The standard InChI is InChI=1S/C22H26N2OS/c25-22(24-12-10-19-14-23-15-20(19)11-13-24)18-6-8-21(9-7-18)26-16-17-4-2-1-3-5-17/h1-9,19-20,23H,10-16H2/t19-,20+. The fraction of sp³-hybridized carbons (Fsp3) is 0.409. The van der Waals surface area contributed by atoms with Gasteiger partial charge in [-0.25, -0.2) is 0 Å². The number of carbonyl (C=O) groups excluding carboxylic acids is 1. The van der Waals surface area contributed by atoms with Gasteiger partial charge in [0.1, 0.15) is 0 Å². The van der Waals surface area contributed by atoms with Crippen LogP contribution in [-0.4, -0.2) is 37.0 Å². The van der Waals surface area contributed by atoms with Crippen molar-refractivity contribution >= 4 is 17.7 Å². The highest BCUT2D eigenvalue weighted by Gasteiger charge is 2.31. The minimum atomic E-state index is 0.192. The first-order valence-corrected chi connectivity index (χ1v) is 10.5. The predicted octanol–water partition coefficient (Wildman–Crippen LogP) is 4.05. The Morgan fingerprint density at radius 1 is 0.962 bits per heavy atom. The first-order valence-electron chi connectivity index (χ1n) is 9.56. The minimum Gasteiger partial charge on any atom is -0.339 e. The number of amides is 1. The molecule has 2 fully saturated rings. The average molecular weight is 367 g/mol. The average Bonchev–Trinajstić information content (AvgIpc) is 3.05. The van der Waals surface area contributed by atoms with Crippen LogP contribution in [0.2, 0.25) is 0 Å². The Hall–Kier alpha value is -1.78. The fourth-order valence-electron chi connectivity index (χ4n) is 4.04. The van der Waals surface area contributed by atoms with Gasteiger partial charge in [0.05, 0.1) is 0 Å². The summed E-state index contributed by atoms with van der Waals surface area (Å²) in [6.45, 7) is 4.04. The van der Waals surface area contributed by atoms with Crippen molar-refractivity contribution < 1.29 is 4.79 Å². The van der Waals surface area contributed by atoms with Gasteiger partial charge < -0.3 is 10.2 Å². The van der Waals surface area contributed by atoms with Crippen molar-refractivity contribution in [3.05, 3.63) is 65.7 Å². The molecule has 1 amide bonds. The van der Waals surface area contributed by atoms with Gasteiger partial charge in [0.2, 0.25) is 0 Å². The number of fused-ring (bicyclic) bond motifs is 1. The van der Waals surface area contributed by atoms with Crippen LogP contribution in [0.4, 0.5) is 0 Å². The molecule has 1 N–H and O–H groups in total. The van der Waals surface area contributed by atoms with Crippen molar-refractivity contribution in [1.82, 2.24) is 10.2 Å². The van der Waals surface area contributed by atoms with Crippen LogP contribution < -0.4 is 5.32 Å². The van der Waals surface area contributed by atoms with E-state index in [4.69, 9.17) is 0 Å². The number of nitrogens with one attached hydrogen (secondary N) is 1. The van der Waals surface area contributed by atoms with Gasteiger partial charge in [-0.1, -0.05) is 30.3 Å². The van der Waals surface area contributed by atoms with Gasteiger partial charge in [-0.05, 0) is 67.6 Å². The second kappa shape index (κ2) is 8.28. The summed E-state index contributed by atoms with van der Waals surface area (Å²) in [6, 6.07) is 18.6. The van der Waals surface area contributed by atoms with Crippen LogP contribution in [0.1, 0.15) is 28.8 Å². The van der Waals surface area contributed by atoms with Gasteiger partial charge in [-0.2, -0.15) is 0 Å². The Balaban J connectivity index is 1.34. The molecule has 2 aromatic rings. The van der Waals surface area contributed by atoms with Crippen molar-refractivity contribution in [2.24, 2.45) is 11.8 Å². The van der Waals surface area contributed by atoms with Gasteiger partial charge >= 0.3 is 0 Å². The number of thioether (sulfide) groups is 1. The van der Waals surface area contributed by atoms with Crippen LogP contribution in [0.25, 0.3) is 0 Å². The third kappa shape index (κ3) is 4.13. The molecule has 3 nitrogen and oxygen atoms in total. The maximum Gasteiger partial charge on any atom is 0.253 e. The molecule has 4 heteroatoms. The van der Waals surface area contributed by atoms with Crippen molar-refractivity contribution in [1.29, 1.82) is 0 Å². The lowest BCUT2D eigenvalue weighted by Crippen LogP contribution is -2.32. The molecule has 0 saturated carbocycles. The molecule has 0 aliphatic carbocycles. The van der Waals surface area contributed by atoms with Crippen molar-refractivity contribution in [2.45, 2.75) is 23.5 Å². The van der Waals surface area contributed by atoms with Crippen LogP contribution in [-0.2, 0) is 5.75 Å². The topological polar surface area (TPSA) is 32.3 Å². The third-order valence-corrected chi connectivity index (χ3v) is 6.74. The zero-order valence-electron chi connectivity index (χ0n) is 15.1. The van der Waals surface area contributed by atoms with E-state index in [0.29, 0.717) is 0 Å². The van der Waals surface area contributed by atoms with E-state index in [-0.39, 0.29) is 5.91 Å². The SMILES string of the molecule is O=C(c1ccc(SCc2ccccc2)cc1)N1CC[C@@H]2CNC[C@@H]2CC1. The molecule has 2 aliphatic rings. The number of rotatable bonds is 4.